The summed E-state index contributed by atoms with van der Waals surface area (Å²) in [6, 6.07) is 10.6. The number of rotatable bonds is 3. The van der Waals surface area contributed by atoms with Crippen LogP contribution in [-0.4, -0.2) is 12.0 Å². The molecule has 0 N–H and O–H groups in total. The number of hydrogen-bond donors (Lipinski definition) is 0. The number of benzene rings is 1. The molecule has 1 rings (SSSR count). The summed E-state index contributed by atoms with van der Waals surface area (Å²) in [7, 11) is 0.349. The molecule has 0 heterocycles. The molecule has 11 heavy (non-hydrogen) atoms. The zero-order valence-corrected chi connectivity index (χ0v) is 7.60. The second-order valence-corrected chi connectivity index (χ2v) is 4.48. The van der Waals surface area contributed by atoms with Gasteiger partial charge in [0.2, 0.25) is 0 Å². The summed E-state index contributed by atoms with van der Waals surface area (Å²) in [5, 5.41) is 0. The fourth-order valence-corrected chi connectivity index (χ4v) is 2.09. The summed E-state index contributed by atoms with van der Waals surface area (Å²) < 4.78 is 0. The van der Waals surface area contributed by atoms with Gasteiger partial charge in [0.1, 0.15) is 12.0 Å². The minimum absolute atomic E-state index is 0.349. The van der Waals surface area contributed by atoms with E-state index in [1.807, 2.05) is 6.08 Å². The van der Waals surface area contributed by atoms with Gasteiger partial charge in [0.05, 0.1) is 0 Å². The van der Waals surface area contributed by atoms with Gasteiger partial charge in [-0.15, -0.1) is 0 Å². The highest BCUT2D eigenvalue weighted by Crippen LogP contribution is 2.09. The van der Waals surface area contributed by atoms with E-state index in [2.05, 4.69) is 43.2 Å². The highest BCUT2D eigenvalue weighted by atomic mass is 32.2. The third-order valence-corrected chi connectivity index (χ3v) is 3.33. The molecule has 1 atom stereocenters. The fourth-order valence-electron chi connectivity index (χ4n) is 0.926. The molecule has 0 nitrogen and oxygen atoms in total. The van der Waals surface area contributed by atoms with Crippen LogP contribution in [0, 0.1) is 0 Å². The van der Waals surface area contributed by atoms with Gasteiger partial charge in [-0.3, -0.25) is 0 Å². The van der Waals surface area contributed by atoms with Gasteiger partial charge in [-0.25, -0.2) is 0 Å². The van der Waals surface area contributed by atoms with Crippen molar-refractivity contribution in [3.8, 4) is 0 Å². The lowest BCUT2D eigenvalue weighted by molar-refractivity contribution is 1.44. The predicted octanol–water partition coefficient (Wildman–Crippen LogP) is 2.48. The van der Waals surface area contributed by atoms with E-state index in [0.29, 0.717) is 10.9 Å². The molecular weight excluding hydrogens is 152 g/mol. The molecule has 0 amide bonds. The highest BCUT2D eigenvalue weighted by Gasteiger charge is 2.10. The van der Waals surface area contributed by atoms with E-state index in [4.69, 9.17) is 0 Å². The minimum Gasteiger partial charge on any atom is -0.0984 e. The Morgan fingerprint density at radius 1 is 1.36 bits per heavy atom. The van der Waals surface area contributed by atoms with Crippen molar-refractivity contribution in [1.82, 2.24) is 0 Å². The van der Waals surface area contributed by atoms with Crippen LogP contribution in [0.4, 0.5) is 0 Å². The van der Waals surface area contributed by atoms with Crippen molar-refractivity contribution >= 4 is 10.9 Å². The van der Waals surface area contributed by atoms with Crippen LogP contribution >= 0.6 is 0 Å². The van der Waals surface area contributed by atoms with E-state index in [1.54, 1.807) is 0 Å². The van der Waals surface area contributed by atoms with E-state index in [-0.39, 0.29) is 0 Å². The standard InChI is InChI=1S/C10H13S/c1-3-9-11(2)10-7-5-4-6-8-10/h3-8H,1,9H2,2H3/q+1. The van der Waals surface area contributed by atoms with Crippen LogP contribution in [0.15, 0.2) is 47.9 Å². The first kappa shape index (κ1) is 8.41. The largest absolute Gasteiger partial charge is 0.154 e. The van der Waals surface area contributed by atoms with Gasteiger partial charge in [0.15, 0.2) is 4.90 Å². The molecular formula is C10H13S+. The SMILES string of the molecule is C=CC[S+](C)c1ccccc1. The van der Waals surface area contributed by atoms with Crippen molar-refractivity contribution in [3.05, 3.63) is 43.0 Å². The van der Waals surface area contributed by atoms with Crippen molar-refractivity contribution in [2.75, 3.05) is 12.0 Å². The van der Waals surface area contributed by atoms with Crippen LogP contribution < -0.4 is 0 Å². The maximum Gasteiger partial charge on any atom is 0.154 e. The summed E-state index contributed by atoms with van der Waals surface area (Å²) in [5.74, 6) is 1.09. The molecule has 0 aliphatic heterocycles. The van der Waals surface area contributed by atoms with Crippen LogP contribution in [-0.2, 0) is 10.9 Å². The summed E-state index contributed by atoms with van der Waals surface area (Å²) in [5.41, 5.74) is 0. The first-order chi connectivity index (χ1) is 5.34. The van der Waals surface area contributed by atoms with E-state index in [9.17, 15) is 0 Å². The van der Waals surface area contributed by atoms with Crippen molar-refractivity contribution < 1.29 is 0 Å². The van der Waals surface area contributed by atoms with Gasteiger partial charge in [-0.1, -0.05) is 24.8 Å². The van der Waals surface area contributed by atoms with Gasteiger partial charge >= 0.3 is 0 Å². The second kappa shape index (κ2) is 4.24. The number of hydrogen-bond acceptors (Lipinski definition) is 0. The van der Waals surface area contributed by atoms with Crippen molar-refractivity contribution in [3.63, 3.8) is 0 Å². The lowest BCUT2D eigenvalue weighted by Crippen LogP contribution is -2.02. The average Bonchev–Trinajstić information content (AvgIpc) is 2.07. The Kier molecular flexibility index (Phi) is 3.24. The molecule has 0 spiro atoms. The van der Waals surface area contributed by atoms with Crippen molar-refractivity contribution in [1.29, 1.82) is 0 Å². The van der Waals surface area contributed by atoms with Crippen molar-refractivity contribution in [2.24, 2.45) is 0 Å². The van der Waals surface area contributed by atoms with Crippen LogP contribution in [0.5, 0.6) is 0 Å². The lowest BCUT2D eigenvalue weighted by Gasteiger charge is -1.97. The van der Waals surface area contributed by atoms with E-state index in [0.717, 1.165) is 5.75 Å². The third kappa shape index (κ3) is 2.43. The summed E-state index contributed by atoms with van der Waals surface area (Å²) in [6.07, 6.45) is 4.23. The summed E-state index contributed by atoms with van der Waals surface area (Å²) in [4.78, 5) is 1.42. The molecule has 0 radical (unpaired) electrons. The Labute approximate surface area is 71.3 Å². The fraction of sp³-hybridized carbons (Fsp3) is 0.200. The highest BCUT2D eigenvalue weighted by molar-refractivity contribution is 7.96. The minimum atomic E-state index is 0.349. The first-order valence-corrected chi connectivity index (χ1v) is 5.43. The van der Waals surface area contributed by atoms with Crippen LogP contribution in [0.1, 0.15) is 0 Å². The maximum atomic E-state index is 3.73. The molecule has 0 saturated carbocycles. The van der Waals surface area contributed by atoms with Crippen LogP contribution in [0.3, 0.4) is 0 Å². The molecule has 1 unspecified atom stereocenters. The second-order valence-electron chi connectivity index (χ2n) is 2.41. The van der Waals surface area contributed by atoms with Crippen LogP contribution in [0.25, 0.3) is 0 Å². The van der Waals surface area contributed by atoms with Gasteiger partial charge in [0, 0.05) is 10.9 Å². The normalized spacial score (nSPS) is 12.5. The average molecular weight is 165 g/mol. The molecule has 0 aromatic heterocycles. The Hall–Kier alpha value is -0.690. The van der Waals surface area contributed by atoms with E-state index in [1.165, 1.54) is 4.90 Å². The Bertz CT molecular complexity index is 216. The smallest absolute Gasteiger partial charge is 0.0984 e. The molecule has 0 bridgehead atoms. The zero-order chi connectivity index (χ0) is 8.10. The van der Waals surface area contributed by atoms with Crippen molar-refractivity contribution in [2.45, 2.75) is 4.90 Å². The quantitative estimate of drug-likeness (QED) is 0.477. The lowest BCUT2D eigenvalue weighted by atomic mass is 10.4. The van der Waals surface area contributed by atoms with Crippen LogP contribution in [0.2, 0.25) is 0 Å². The molecule has 0 saturated heterocycles. The molecule has 1 aromatic carbocycles. The topological polar surface area (TPSA) is 0 Å². The molecule has 0 aliphatic rings. The van der Waals surface area contributed by atoms with Gasteiger partial charge in [0.25, 0.3) is 0 Å². The molecule has 1 heteroatoms. The predicted molar refractivity (Wildman–Crippen MR) is 53.1 cm³/mol. The summed E-state index contributed by atoms with van der Waals surface area (Å²) >= 11 is 0. The molecule has 0 aliphatic carbocycles. The van der Waals surface area contributed by atoms with Gasteiger partial charge in [-0.05, 0) is 18.2 Å². The molecule has 58 valence electrons. The Balaban J connectivity index is 2.68. The summed E-state index contributed by atoms with van der Waals surface area (Å²) in [6.45, 7) is 3.73. The van der Waals surface area contributed by atoms with E-state index >= 15 is 0 Å². The first-order valence-electron chi connectivity index (χ1n) is 3.63. The molecule has 1 aromatic rings. The van der Waals surface area contributed by atoms with Gasteiger partial charge < -0.3 is 0 Å². The maximum absolute atomic E-state index is 3.73. The monoisotopic (exact) mass is 165 g/mol. The molecule has 0 fully saturated rings. The third-order valence-electron chi connectivity index (χ3n) is 1.51. The van der Waals surface area contributed by atoms with Gasteiger partial charge in [-0.2, -0.15) is 0 Å². The zero-order valence-electron chi connectivity index (χ0n) is 6.79. The Morgan fingerprint density at radius 3 is 2.55 bits per heavy atom. The Morgan fingerprint density at radius 2 is 2.00 bits per heavy atom. The van der Waals surface area contributed by atoms with E-state index < -0.39 is 0 Å².